The standard InChI is InChI=1S/C12H21N3O/c1-8(2)11(16-4)12-14-6-5-10(15-12)7-9(3)13/h5-6,8-9,11H,7,13H2,1-4H3. The van der Waals surface area contributed by atoms with Crippen LogP contribution in [0, 0.1) is 5.92 Å². The van der Waals surface area contributed by atoms with Gasteiger partial charge in [-0.15, -0.1) is 0 Å². The van der Waals surface area contributed by atoms with Crippen LogP contribution in [0.25, 0.3) is 0 Å². The topological polar surface area (TPSA) is 61.0 Å². The molecule has 0 aliphatic carbocycles. The Hall–Kier alpha value is -1.00. The van der Waals surface area contributed by atoms with Crippen LogP contribution in [-0.4, -0.2) is 23.1 Å². The smallest absolute Gasteiger partial charge is 0.157 e. The van der Waals surface area contributed by atoms with Crippen molar-refractivity contribution < 1.29 is 4.74 Å². The summed E-state index contributed by atoms with van der Waals surface area (Å²) < 4.78 is 5.40. The van der Waals surface area contributed by atoms with Crippen molar-refractivity contribution in [3.63, 3.8) is 0 Å². The van der Waals surface area contributed by atoms with E-state index in [9.17, 15) is 0 Å². The lowest BCUT2D eigenvalue weighted by Crippen LogP contribution is -2.20. The van der Waals surface area contributed by atoms with Crippen LogP contribution < -0.4 is 5.73 Å². The summed E-state index contributed by atoms with van der Waals surface area (Å²) in [6, 6.07) is 2.02. The molecule has 0 fully saturated rings. The van der Waals surface area contributed by atoms with Gasteiger partial charge < -0.3 is 10.5 Å². The molecule has 1 aromatic rings. The predicted molar refractivity (Wildman–Crippen MR) is 64.0 cm³/mol. The molecule has 16 heavy (non-hydrogen) atoms. The van der Waals surface area contributed by atoms with E-state index in [4.69, 9.17) is 10.5 Å². The van der Waals surface area contributed by atoms with E-state index in [1.165, 1.54) is 0 Å². The number of nitrogens with two attached hydrogens (primary N) is 1. The Morgan fingerprint density at radius 1 is 1.38 bits per heavy atom. The Labute approximate surface area is 97.2 Å². The summed E-state index contributed by atoms with van der Waals surface area (Å²) in [6.45, 7) is 6.16. The second-order valence-corrected chi connectivity index (χ2v) is 4.49. The number of nitrogens with zero attached hydrogens (tertiary/aromatic N) is 2. The summed E-state index contributed by atoms with van der Waals surface area (Å²) in [5, 5.41) is 0. The summed E-state index contributed by atoms with van der Waals surface area (Å²) in [7, 11) is 1.69. The van der Waals surface area contributed by atoms with Gasteiger partial charge in [0.2, 0.25) is 0 Å². The van der Waals surface area contributed by atoms with E-state index >= 15 is 0 Å². The zero-order valence-corrected chi connectivity index (χ0v) is 10.5. The molecule has 0 radical (unpaired) electrons. The highest BCUT2D eigenvalue weighted by molar-refractivity contribution is 5.06. The lowest BCUT2D eigenvalue weighted by Gasteiger charge is -2.18. The maximum absolute atomic E-state index is 5.75. The average Bonchev–Trinajstić information content (AvgIpc) is 2.17. The third-order valence-corrected chi connectivity index (χ3v) is 2.38. The van der Waals surface area contributed by atoms with Crippen LogP contribution in [0.2, 0.25) is 0 Å². The number of ether oxygens (including phenoxy) is 1. The average molecular weight is 223 g/mol. The fourth-order valence-corrected chi connectivity index (χ4v) is 1.67. The van der Waals surface area contributed by atoms with Gasteiger partial charge in [-0.3, -0.25) is 0 Å². The molecule has 4 nitrogen and oxygen atoms in total. The first-order chi connectivity index (χ1) is 7.54. The molecule has 4 heteroatoms. The van der Waals surface area contributed by atoms with Crippen molar-refractivity contribution in [2.24, 2.45) is 11.7 Å². The zero-order valence-electron chi connectivity index (χ0n) is 10.5. The van der Waals surface area contributed by atoms with Crippen LogP contribution in [0.3, 0.4) is 0 Å². The predicted octanol–water partition coefficient (Wildman–Crippen LogP) is 1.71. The molecule has 0 aromatic carbocycles. The molecule has 2 N–H and O–H groups in total. The van der Waals surface area contributed by atoms with Gasteiger partial charge in [0.1, 0.15) is 6.10 Å². The van der Waals surface area contributed by atoms with Gasteiger partial charge in [-0.25, -0.2) is 9.97 Å². The van der Waals surface area contributed by atoms with Crippen molar-refractivity contribution in [1.29, 1.82) is 0 Å². The maximum atomic E-state index is 5.75. The van der Waals surface area contributed by atoms with Gasteiger partial charge in [0.25, 0.3) is 0 Å². The van der Waals surface area contributed by atoms with Crippen LogP contribution in [0.15, 0.2) is 12.3 Å². The highest BCUT2D eigenvalue weighted by Crippen LogP contribution is 2.21. The number of aromatic nitrogens is 2. The van der Waals surface area contributed by atoms with E-state index in [0.29, 0.717) is 5.92 Å². The summed E-state index contributed by atoms with van der Waals surface area (Å²) in [5.74, 6) is 1.10. The van der Waals surface area contributed by atoms with Crippen molar-refractivity contribution >= 4 is 0 Å². The molecule has 90 valence electrons. The molecular formula is C12H21N3O. The first-order valence-electron chi connectivity index (χ1n) is 5.64. The van der Waals surface area contributed by atoms with Gasteiger partial charge in [0.05, 0.1) is 0 Å². The minimum absolute atomic E-state index is 0.0481. The molecule has 1 heterocycles. The monoisotopic (exact) mass is 223 g/mol. The second-order valence-electron chi connectivity index (χ2n) is 4.49. The first kappa shape index (κ1) is 13.1. The number of rotatable bonds is 5. The molecule has 0 saturated carbocycles. The van der Waals surface area contributed by atoms with Crippen LogP contribution in [0.5, 0.6) is 0 Å². The molecule has 1 rings (SSSR count). The van der Waals surface area contributed by atoms with Crippen LogP contribution in [-0.2, 0) is 11.2 Å². The first-order valence-corrected chi connectivity index (χ1v) is 5.64. The van der Waals surface area contributed by atoms with Crippen molar-refractivity contribution in [3.05, 3.63) is 23.8 Å². The van der Waals surface area contributed by atoms with Gasteiger partial charge >= 0.3 is 0 Å². The van der Waals surface area contributed by atoms with E-state index in [-0.39, 0.29) is 12.1 Å². The summed E-state index contributed by atoms with van der Waals surface area (Å²) >= 11 is 0. The van der Waals surface area contributed by atoms with Gasteiger partial charge in [0, 0.05) is 31.5 Å². The van der Waals surface area contributed by atoms with Gasteiger partial charge in [0.15, 0.2) is 5.82 Å². The molecule has 0 saturated heterocycles. The molecule has 0 bridgehead atoms. The van der Waals surface area contributed by atoms with Crippen molar-refractivity contribution in [2.75, 3.05) is 7.11 Å². The van der Waals surface area contributed by atoms with Crippen LogP contribution >= 0.6 is 0 Å². The third kappa shape index (κ3) is 3.54. The SMILES string of the molecule is COC(c1nccc(CC(C)N)n1)C(C)C. The Balaban J connectivity index is 2.88. The van der Waals surface area contributed by atoms with Gasteiger partial charge in [-0.1, -0.05) is 13.8 Å². The Kier molecular flexibility index (Phi) is 4.83. The summed E-state index contributed by atoms with van der Waals surface area (Å²) in [4.78, 5) is 8.75. The summed E-state index contributed by atoms with van der Waals surface area (Å²) in [6.07, 6.45) is 2.49. The summed E-state index contributed by atoms with van der Waals surface area (Å²) in [5.41, 5.74) is 6.73. The van der Waals surface area contributed by atoms with Gasteiger partial charge in [-0.05, 0) is 18.9 Å². The highest BCUT2D eigenvalue weighted by Gasteiger charge is 2.18. The molecular weight excluding hydrogens is 202 g/mol. The molecule has 0 spiro atoms. The van der Waals surface area contributed by atoms with E-state index < -0.39 is 0 Å². The van der Waals surface area contributed by atoms with E-state index in [1.54, 1.807) is 13.3 Å². The Bertz CT molecular complexity index is 326. The Morgan fingerprint density at radius 3 is 2.56 bits per heavy atom. The maximum Gasteiger partial charge on any atom is 0.157 e. The quantitative estimate of drug-likeness (QED) is 0.825. The Morgan fingerprint density at radius 2 is 2.06 bits per heavy atom. The number of methoxy groups -OCH3 is 1. The fraction of sp³-hybridized carbons (Fsp3) is 0.667. The normalized spacial score (nSPS) is 15.1. The van der Waals surface area contributed by atoms with Gasteiger partial charge in [-0.2, -0.15) is 0 Å². The van der Waals surface area contributed by atoms with Crippen molar-refractivity contribution in [1.82, 2.24) is 9.97 Å². The van der Waals surface area contributed by atoms with Crippen LogP contribution in [0.1, 0.15) is 38.4 Å². The lowest BCUT2D eigenvalue weighted by molar-refractivity contribution is 0.0572. The molecule has 2 atom stereocenters. The number of hydrogen-bond donors (Lipinski definition) is 1. The number of hydrogen-bond acceptors (Lipinski definition) is 4. The van der Waals surface area contributed by atoms with Crippen molar-refractivity contribution in [2.45, 2.75) is 39.3 Å². The highest BCUT2D eigenvalue weighted by atomic mass is 16.5. The second kappa shape index (κ2) is 5.92. The minimum Gasteiger partial charge on any atom is -0.373 e. The van der Waals surface area contributed by atoms with E-state index in [1.807, 2.05) is 13.0 Å². The third-order valence-electron chi connectivity index (χ3n) is 2.38. The molecule has 1 aromatic heterocycles. The fourth-order valence-electron chi connectivity index (χ4n) is 1.67. The van der Waals surface area contributed by atoms with Crippen LogP contribution in [0.4, 0.5) is 0 Å². The zero-order chi connectivity index (χ0) is 12.1. The van der Waals surface area contributed by atoms with E-state index in [0.717, 1.165) is 17.9 Å². The largest absolute Gasteiger partial charge is 0.373 e. The van der Waals surface area contributed by atoms with Crippen molar-refractivity contribution in [3.8, 4) is 0 Å². The molecule has 0 aliphatic rings. The molecule has 2 unspecified atom stereocenters. The molecule has 0 aliphatic heterocycles. The van der Waals surface area contributed by atoms with E-state index in [2.05, 4.69) is 23.8 Å². The molecule has 0 amide bonds. The lowest BCUT2D eigenvalue weighted by atomic mass is 10.1. The minimum atomic E-state index is -0.0481.